The van der Waals surface area contributed by atoms with Crippen LogP contribution >= 0.6 is 22.9 Å². The SMILES string of the molecule is C/C(=C/C(=O)N(C)Cc1ccc(Cl)s1)c1cccc(F)c1. The molecule has 110 valence electrons. The van der Waals surface area contributed by atoms with E-state index in [0.717, 1.165) is 10.5 Å². The monoisotopic (exact) mass is 323 g/mol. The van der Waals surface area contributed by atoms with Gasteiger partial charge in [0.15, 0.2) is 0 Å². The Balaban J connectivity index is 2.07. The second kappa shape index (κ2) is 6.87. The van der Waals surface area contributed by atoms with Crippen LogP contribution in [0.4, 0.5) is 4.39 Å². The number of carbonyl (C=O) groups excluding carboxylic acids is 1. The normalized spacial score (nSPS) is 11.5. The van der Waals surface area contributed by atoms with Crippen LogP contribution in [0.3, 0.4) is 0 Å². The van der Waals surface area contributed by atoms with Crippen LogP contribution in [0.15, 0.2) is 42.5 Å². The lowest BCUT2D eigenvalue weighted by Crippen LogP contribution is -2.23. The Hall–Kier alpha value is -1.65. The van der Waals surface area contributed by atoms with Gasteiger partial charge in [0.05, 0.1) is 10.9 Å². The lowest BCUT2D eigenvalue weighted by Gasteiger charge is -2.14. The molecule has 5 heteroatoms. The molecule has 21 heavy (non-hydrogen) atoms. The van der Waals surface area contributed by atoms with Crippen molar-refractivity contribution in [1.29, 1.82) is 0 Å². The molecule has 2 rings (SSSR count). The fourth-order valence-electron chi connectivity index (χ4n) is 1.86. The lowest BCUT2D eigenvalue weighted by atomic mass is 10.1. The van der Waals surface area contributed by atoms with E-state index < -0.39 is 0 Å². The first-order valence-electron chi connectivity index (χ1n) is 6.39. The first kappa shape index (κ1) is 15.7. The largest absolute Gasteiger partial charge is 0.337 e. The maximum Gasteiger partial charge on any atom is 0.246 e. The number of nitrogens with zero attached hydrogens (tertiary/aromatic N) is 1. The molecule has 0 aliphatic heterocycles. The van der Waals surface area contributed by atoms with E-state index in [2.05, 4.69) is 0 Å². The van der Waals surface area contributed by atoms with E-state index in [1.807, 2.05) is 12.1 Å². The number of carbonyl (C=O) groups is 1. The molecular formula is C16H15ClFNOS. The Morgan fingerprint density at radius 1 is 1.38 bits per heavy atom. The summed E-state index contributed by atoms with van der Waals surface area (Å²) in [7, 11) is 1.73. The van der Waals surface area contributed by atoms with E-state index in [4.69, 9.17) is 11.6 Å². The first-order chi connectivity index (χ1) is 9.95. The van der Waals surface area contributed by atoms with E-state index in [1.165, 1.54) is 29.5 Å². The minimum Gasteiger partial charge on any atom is -0.337 e. The van der Waals surface area contributed by atoms with Crippen LogP contribution in [0.5, 0.6) is 0 Å². The van der Waals surface area contributed by atoms with Crippen LogP contribution in [0.2, 0.25) is 4.34 Å². The van der Waals surface area contributed by atoms with Crippen molar-refractivity contribution in [2.45, 2.75) is 13.5 Å². The van der Waals surface area contributed by atoms with Gasteiger partial charge in [0.1, 0.15) is 5.82 Å². The van der Waals surface area contributed by atoms with Crippen LogP contribution in [0.1, 0.15) is 17.4 Å². The van der Waals surface area contributed by atoms with Gasteiger partial charge in [0, 0.05) is 18.0 Å². The average Bonchev–Trinajstić information content (AvgIpc) is 2.84. The van der Waals surface area contributed by atoms with Gasteiger partial charge in [-0.05, 0) is 42.3 Å². The van der Waals surface area contributed by atoms with Crippen LogP contribution in [0, 0.1) is 5.82 Å². The molecule has 0 spiro atoms. The van der Waals surface area contributed by atoms with Crippen molar-refractivity contribution >= 4 is 34.4 Å². The highest BCUT2D eigenvalue weighted by Gasteiger charge is 2.09. The van der Waals surface area contributed by atoms with Crippen LogP contribution < -0.4 is 0 Å². The minimum atomic E-state index is -0.311. The molecule has 0 saturated heterocycles. The van der Waals surface area contributed by atoms with Crippen LogP contribution in [-0.4, -0.2) is 17.9 Å². The zero-order valence-electron chi connectivity index (χ0n) is 11.8. The van der Waals surface area contributed by atoms with Gasteiger partial charge in [-0.2, -0.15) is 0 Å². The van der Waals surface area contributed by atoms with Gasteiger partial charge in [0.25, 0.3) is 0 Å². The summed E-state index contributed by atoms with van der Waals surface area (Å²) in [4.78, 5) is 14.8. The maximum atomic E-state index is 13.2. The number of thiophene rings is 1. The van der Waals surface area contributed by atoms with Crippen LogP contribution in [0.25, 0.3) is 5.57 Å². The number of hydrogen-bond acceptors (Lipinski definition) is 2. The van der Waals surface area contributed by atoms with E-state index in [0.29, 0.717) is 16.4 Å². The van der Waals surface area contributed by atoms with Crippen molar-refractivity contribution in [2.75, 3.05) is 7.05 Å². The van der Waals surface area contributed by atoms with Gasteiger partial charge in [-0.15, -0.1) is 11.3 Å². The van der Waals surface area contributed by atoms with Gasteiger partial charge in [-0.1, -0.05) is 23.7 Å². The third kappa shape index (κ3) is 4.41. The molecule has 0 fully saturated rings. The molecular weight excluding hydrogens is 309 g/mol. The molecule has 0 aliphatic carbocycles. The third-order valence-electron chi connectivity index (χ3n) is 3.02. The number of rotatable bonds is 4. The standard InChI is InChI=1S/C16H15ClFNOS/c1-11(12-4-3-5-13(18)9-12)8-16(20)19(2)10-14-6-7-15(17)21-14/h3-9H,10H2,1-2H3/b11-8-. The van der Waals surface area contributed by atoms with Crippen molar-refractivity contribution in [3.63, 3.8) is 0 Å². The Morgan fingerprint density at radius 3 is 2.76 bits per heavy atom. The summed E-state index contributed by atoms with van der Waals surface area (Å²) in [5.74, 6) is -0.435. The number of amides is 1. The third-order valence-corrected chi connectivity index (χ3v) is 4.23. The van der Waals surface area contributed by atoms with Crippen molar-refractivity contribution in [1.82, 2.24) is 4.90 Å². The summed E-state index contributed by atoms with van der Waals surface area (Å²) in [6.07, 6.45) is 1.52. The van der Waals surface area contributed by atoms with E-state index in [9.17, 15) is 9.18 Å². The molecule has 0 aliphatic rings. The van der Waals surface area contributed by atoms with Gasteiger partial charge in [-0.3, -0.25) is 4.79 Å². The molecule has 1 heterocycles. The lowest BCUT2D eigenvalue weighted by molar-refractivity contribution is -0.125. The minimum absolute atomic E-state index is 0.124. The predicted octanol–water partition coefficient (Wildman–Crippen LogP) is 4.60. The molecule has 1 aromatic carbocycles. The molecule has 1 amide bonds. The fraction of sp³-hybridized carbons (Fsp3) is 0.188. The Labute approximate surface area is 132 Å². The summed E-state index contributed by atoms with van der Waals surface area (Å²) in [5, 5.41) is 0. The summed E-state index contributed by atoms with van der Waals surface area (Å²) in [6, 6.07) is 9.92. The number of allylic oxidation sites excluding steroid dienone is 1. The molecule has 0 unspecified atom stereocenters. The Kier molecular flexibility index (Phi) is 5.15. The van der Waals surface area contributed by atoms with Gasteiger partial charge >= 0.3 is 0 Å². The number of halogens is 2. The van der Waals surface area contributed by atoms with Gasteiger partial charge in [-0.25, -0.2) is 4.39 Å². The molecule has 0 saturated carbocycles. The molecule has 2 aromatic rings. The second-order valence-electron chi connectivity index (χ2n) is 4.74. The van der Waals surface area contributed by atoms with Crippen molar-refractivity contribution in [3.8, 4) is 0 Å². The molecule has 0 N–H and O–H groups in total. The molecule has 0 bridgehead atoms. The summed E-state index contributed by atoms with van der Waals surface area (Å²) >= 11 is 7.32. The smallest absolute Gasteiger partial charge is 0.246 e. The Morgan fingerprint density at radius 2 is 2.14 bits per heavy atom. The summed E-state index contributed by atoms with van der Waals surface area (Å²) in [6.45, 7) is 2.30. The highest BCUT2D eigenvalue weighted by molar-refractivity contribution is 7.16. The molecule has 1 aromatic heterocycles. The number of likely N-dealkylation sites (N-methyl/N-ethyl adjacent to an activating group) is 1. The zero-order valence-corrected chi connectivity index (χ0v) is 13.3. The van der Waals surface area contributed by atoms with Crippen molar-refractivity contribution in [2.24, 2.45) is 0 Å². The zero-order chi connectivity index (χ0) is 15.4. The maximum absolute atomic E-state index is 13.2. The number of benzene rings is 1. The molecule has 0 atom stereocenters. The Bertz CT molecular complexity index is 680. The van der Waals surface area contributed by atoms with E-state index >= 15 is 0 Å². The quantitative estimate of drug-likeness (QED) is 0.753. The number of hydrogen-bond donors (Lipinski definition) is 0. The van der Waals surface area contributed by atoms with Gasteiger partial charge in [0.2, 0.25) is 5.91 Å². The second-order valence-corrected chi connectivity index (χ2v) is 6.54. The fourth-order valence-corrected chi connectivity index (χ4v) is 3.00. The predicted molar refractivity (Wildman–Crippen MR) is 85.9 cm³/mol. The first-order valence-corrected chi connectivity index (χ1v) is 7.58. The average molecular weight is 324 g/mol. The molecule has 2 nitrogen and oxygen atoms in total. The topological polar surface area (TPSA) is 20.3 Å². The highest BCUT2D eigenvalue weighted by atomic mass is 35.5. The van der Waals surface area contributed by atoms with E-state index in [-0.39, 0.29) is 11.7 Å². The van der Waals surface area contributed by atoms with Crippen LogP contribution in [-0.2, 0) is 11.3 Å². The van der Waals surface area contributed by atoms with Gasteiger partial charge < -0.3 is 4.90 Å². The van der Waals surface area contributed by atoms with Crippen molar-refractivity contribution in [3.05, 3.63) is 63.1 Å². The molecule has 0 radical (unpaired) electrons. The summed E-state index contributed by atoms with van der Waals surface area (Å²) < 4.78 is 13.9. The highest BCUT2D eigenvalue weighted by Crippen LogP contribution is 2.22. The van der Waals surface area contributed by atoms with Crippen molar-refractivity contribution < 1.29 is 9.18 Å². The van der Waals surface area contributed by atoms with E-state index in [1.54, 1.807) is 31.0 Å². The summed E-state index contributed by atoms with van der Waals surface area (Å²) in [5.41, 5.74) is 1.44.